The molecule has 1 aliphatic carbocycles. The zero-order chi connectivity index (χ0) is 13.4. The van der Waals surface area contributed by atoms with E-state index in [0.29, 0.717) is 10.9 Å². The Kier molecular flexibility index (Phi) is 3.16. The third kappa shape index (κ3) is 2.57. The summed E-state index contributed by atoms with van der Waals surface area (Å²) in [4.78, 5) is 12.3. The molecule has 0 aromatic heterocycles. The summed E-state index contributed by atoms with van der Waals surface area (Å²) < 4.78 is 0. The second kappa shape index (κ2) is 4.82. The largest absolute Gasteiger partial charge is 0.294 e. The molecule has 0 radical (unpaired) electrons. The SMILES string of the molecule is Cc1cccc(C2CC2C(=O)c2ccc(Cl)cc2)c1. The van der Waals surface area contributed by atoms with E-state index >= 15 is 0 Å². The number of benzene rings is 2. The first-order valence-electron chi connectivity index (χ1n) is 6.51. The van der Waals surface area contributed by atoms with Crippen LogP contribution in [0.15, 0.2) is 48.5 Å². The van der Waals surface area contributed by atoms with Crippen LogP contribution in [0, 0.1) is 12.8 Å². The highest BCUT2D eigenvalue weighted by atomic mass is 35.5. The van der Waals surface area contributed by atoms with Gasteiger partial charge in [-0.2, -0.15) is 0 Å². The van der Waals surface area contributed by atoms with Gasteiger partial charge in [0.1, 0.15) is 0 Å². The van der Waals surface area contributed by atoms with Crippen LogP contribution in [0.25, 0.3) is 0 Å². The highest BCUT2D eigenvalue weighted by molar-refractivity contribution is 6.30. The van der Waals surface area contributed by atoms with E-state index < -0.39 is 0 Å². The molecular weight excluding hydrogens is 256 g/mol. The van der Waals surface area contributed by atoms with E-state index in [0.717, 1.165) is 12.0 Å². The first-order chi connectivity index (χ1) is 9.15. The molecule has 2 aromatic carbocycles. The number of hydrogen-bond donors (Lipinski definition) is 0. The fourth-order valence-corrected chi connectivity index (χ4v) is 2.71. The van der Waals surface area contributed by atoms with Gasteiger partial charge in [-0.1, -0.05) is 41.4 Å². The van der Waals surface area contributed by atoms with Crippen molar-refractivity contribution in [1.82, 2.24) is 0 Å². The average molecular weight is 271 g/mol. The number of carbonyl (C=O) groups excluding carboxylic acids is 1. The van der Waals surface area contributed by atoms with Crippen molar-refractivity contribution in [3.05, 3.63) is 70.2 Å². The number of Topliss-reactive ketones (excluding diaryl/α,β-unsaturated/α-hetero) is 1. The van der Waals surface area contributed by atoms with E-state index in [4.69, 9.17) is 11.6 Å². The van der Waals surface area contributed by atoms with E-state index in [1.807, 2.05) is 12.1 Å². The van der Waals surface area contributed by atoms with E-state index in [2.05, 4.69) is 31.2 Å². The van der Waals surface area contributed by atoms with E-state index in [1.54, 1.807) is 12.1 Å². The zero-order valence-corrected chi connectivity index (χ0v) is 11.5. The van der Waals surface area contributed by atoms with Crippen LogP contribution < -0.4 is 0 Å². The number of halogens is 1. The van der Waals surface area contributed by atoms with Gasteiger partial charge in [0.05, 0.1) is 0 Å². The van der Waals surface area contributed by atoms with E-state index in [1.165, 1.54) is 11.1 Å². The average Bonchev–Trinajstić information content (AvgIpc) is 3.19. The Morgan fingerprint density at radius 3 is 2.58 bits per heavy atom. The molecule has 19 heavy (non-hydrogen) atoms. The van der Waals surface area contributed by atoms with Gasteiger partial charge in [0.2, 0.25) is 0 Å². The second-order valence-electron chi connectivity index (χ2n) is 5.23. The number of carbonyl (C=O) groups is 1. The molecule has 0 bridgehead atoms. The molecule has 0 saturated heterocycles. The predicted octanol–water partition coefficient (Wildman–Crippen LogP) is 4.63. The third-order valence-corrected chi connectivity index (χ3v) is 3.98. The summed E-state index contributed by atoms with van der Waals surface area (Å²) in [5, 5.41) is 0.669. The Morgan fingerprint density at radius 1 is 1.16 bits per heavy atom. The van der Waals surface area contributed by atoms with Gasteiger partial charge in [0.25, 0.3) is 0 Å². The van der Waals surface area contributed by atoms with Crippen molar-refractivity contribution in [2.75, 3.05) is 0 Å². The Labute approximate surface area is 118 Å². The molecule has 1 nitrogen and oxygen atoms in total. The minimum atomic E-state index is 0.142. The van der Waals surface area contributed by atoms with Crippen molar-refractivity contribution in [1.29, 1.82) is 0 Å². The maximum Gasteiger partial charge on any atom is 0.166 e. The summed E-state index contributed by atoms with van der Waals surface area (Å²) in [5.74, 6) is 0.772. The summed E-state index contributed by atoms with van der Waals surface area (Å²) in [6.45, 7) is 2.09. The standard InChI is InChI=1S/C17H15ClO/c1-11-3-2-4-13(9-11)15-10-16(15)17(19)12-5-7-14(18)8-6-12/h2-9,15-16H,10H2,1H3. The molecule has 1 aliphatic rings. The maximum absolute atomic E-state index is 12.3. The first kappa shape index (κ1) is 12.4. The lowest BCUT2D eigenvalue weighted by molar-refractivity contribution is 0.0965. The molecule has 0 N–H and O–H groups in total. The highest BCUT2D eigenvalue weighted by Crippen LogP contribution is 2.49. The molecule has 2 atom stereocenters. The molecule has 2 heteroatoms. The van der Waals surface area contributed by atoms with Gasteiger partial charge in [0, 0.05) is 16.5 Å². The first-order valence-corrected chi connectivity index (χ1v) is 6.89. The van der Waals surface area contributed by atoms with Crippen LogP contribution in [0.4, 0.5) is 0 Å². The highest BCUT2D eigenvalue weighted by Gasteiger charge is 2.43. The summed E-state index contributed by atoms with van der Waals surface area (Å²) >= 11 is 5.84. The maximum atomic E-state index is 12.3. The van der Waals surface area contributed by atoms with Crippen molar-refractivity contribution < 1.29 is 4.79 Å². The molecule has 0 aliphatic heterocycles. The van der Waals surface area contributed by atoms with Crippen LogP contribution >= 0.6 is 11.6 Å². The molecule has 0 amide bonds. The smallest absolute Gasteiger partial charge is 0.166 e. The number of aryl methyl sites for hydroxylation is 1. The normalized spacial score (nSPS) is 21.2. The molecule has 2 aromatic rings. The Balaban J connectivity index is 1.76. The molecule has 1 saturated carbocycles. The summed E-state index contributed by atoms with van der Waals surface area (Å²) in [6.07, 6.45) is 0.963. The zero-order valence-electron chi connectivity index (χ0n) is 10.8. The van der Waals surface area contributed by atoms with Crippen molar-refractivity contribution >= 4 is 17.4 Å². The third-order valence-electron chi connectivity index (χ3n) is 3.73. The minimum absolute atomic E-state index is 0.142. The Morgan fingerprint density at radius 2 is 1.89 bits per heavy atom. The van der Waals surface area contributed by atoms with Gasteiger partial charge in [0.15, 0.2) is 5.78 Å². The lowest BCUT2D eigenvalue weighted by Crippen LogP contribution is -2.02. The lowest BCUT2D eigenvalue weighted by atomic mass is 10.0. The van der Waals surface area contributed by atoms with Crippen LogP contribution in [0.2, 0.25) is 5.02 Å². The summed E-state index contributed by atoms with van der Waals surface area (Å²) in [5.41, 5.74) is 3.30. The number of rotatable bonds is 3. The van der Waals surface area contributed by atoms with Crippen molar-refractivity contribution in [3.8, 4) is 0 Å². The summed E-state index contributed by atoms with van der Waals surface area (Å²) in [7, 11) is 0. The van der Waals surface area contributed by atoms with Gasteiger partial charge in [-0.3, -0.25) is 4.79 Å². The van der Waals surface area contributed by atoms with Gasteiger partial charge in [-0.05, 0) is 49.1 Å². The molecule has 96 valence electrons. The molecule has 3 rings (SSSR count). The van der Waals surface area contributed by atoms with Crippen LogP contribution in [-0.4, -0.2) is 5.78 Å². The molecule has 0 spiro atoms. The van der Waals surface area contributed by atoms with Crippen LogP contribution in [0.5, 0.6) is 0 Å². The molecule has 1 fully saturated rings. The minimum Gasteiger partial charge on any atom is -0.294 e. The fraction of sp³-hybridized carbons (Fsp3) is 0.235. The number of ketones is 1. The van der Waals surface area contributed by atoms with Gasteiger partial charge in [-0.25, -0.2) is 0 Å². The van der Waals surface area contributed by atoms with Crippen molar-refractivity contribution in [2.24, 2.45) is 5.92 Å². The van der Waals surface area contributed by atoms with Crippen LogP contribution in [-0.2, 0) is 0 Å². The summed E-state index contributed by atoms with van der Waals surface area (Å²) in [6, 6.07) is 15.6. The van der Waals surface area contributed by atoms with Crippen molar-refractivity contribution in [2.45, 2.75) is 19.3 Å². The van der Waals surface area contributed by atoms with Gasteiger partial charge < -0.3 is 0 Å². The number of hydrogen-bond acceptors (Lipinski definition) is 1. The molecule has 0 heterocycles. The lowest BCUT2D eigenvalue weighted by Gasteiger charge is -2.02. The Bertz CT molecular complexity index is 615. The quantitative estimate of drug-likeness (QED) is 0.743. The van der Waals surface area contributed by atoms with Crippen LogP contribution in [0.1, 0.15) is 33.8 Å². The van der Waals surface area contributed by atoms with Gasteiger partial charge in [-0.15, -0.1) is 0 Å². The monoisotopic (exact) mass is 270 g/mol. The second-order valence-corrected chi connectivity index (χ2v) is 5.67. The molecular formula is C17H15ClO. The van der Waals surface area contributed by atoms with Crippen LogP contribution in [0.3, 0.4) is 0 Å². The van der Waals surface area contributed by atoms with E-state index in [-0.39, 0.29) is 11.7 Å². The Hall–Kier alpha value is -1.60. The van der Waals surface area contributed by atoms with Crippen molar-refractivity contribution in [3.63, 3.8) is 0 Å². The fourth-order valence-electron chi connectivity index (χ4n) is 2.58. The van der Waals surface area contributed by atoms with Gasteiger partial charge >= 0.3 is 0 Å². The molecule has 2 unspecified atom stereocenters. The predicted molar refractivity (Wildman–Crippen MR) is 77.8 cm³/mol. The topological polar surface area (TPSA) is 17.1 Å². The van der Waals surface area contributed by atoms with E-state index in [9.17, 15) is 4.79 Å².